The quantitative estimate of drug-likeness (QED) is 0.525. The second-order valence-corrected chi connectivity index (χ2v) is 9.28. The molecule has 31 heavy (non-hydrogen) atoms. The summed E-state index contributed by atoms with van der Waals surface area (Å²) in [6, 6.07) is 16.0. The first-order valence-electron chi connectivity index (χ1n) is 10.7. The Labute approximate surface area is 191 Å². The number of nitrogens with zero attached hydrogens (tertiary/aromatic N) is 3. The number of halogens is 1. The number of carbonyl (C=O) groups is 1. The molecule has 0 spiro atoms. The van der Waals surface area contributed by atoms with Crippen LogP contribution in [0.4, 0.5) is 11.8 Å². The summed E-state index contributed by atoms with van der Waals surface area (Å²) in [7, 11) is 4.01. The second-order valence-electron chi connectivity index (χ2n) is 8.36. The highest BCUT2D eigenvalue weighted by Gasteiger charge is 2.23. The summed E-state index contributed by atoms with van der Waals surface area (Å²) < 4.78 is 0.917. The van der Waals surface area contributed by atoms with Gasteiger partial charge in [0.25, 0.3) is 5.91 Å². The van der Waals surface area contributed by atoms with E-state index in [4.69, 9.17) is 9.97 Å². The predicted molar refractivity (Wildman–Crippen MR) is 130 cm³/mol. The van der Waals surface area contributed by atoms with E-state index in [9.17, 15) is 4.79 Å². The van der Waals surface area contributed by atoms with Crippen molar-refractivity contribution in [3.63, 3.8) is 0 Å². The van der Waals surface area contributed by atoms with Gasteiger partial charge in [0.2, 0.25) is 5.95 Å². The Morgan fingerprint density at radius 1 is 1.06 bits per heavy atom. The standard InChI is InChI=1S/C24H28BrN5O/c1-30(2)22-20-8-3-4-9-21(20)28-24(29-22)27-19-12-10-16(11-13-19)15-26-23(31)17-6-5-7-18(25)14-17/h3-9,14,16,19H,10-13,15H2,1-2H3,(H,26,31)(H,27,28,29). The van der Waals surface area contributed by atoms with Crippen molar-refractivity contribution < 1.29 is 4.79 Å². The lowest BCUT2D eigenvalue weighted by atomic mass is 9.86. The number of fused-ring (bicyclic) bond motifs is 1. The average molecular weight is 482 g/mol. The SMILES string of the molecule is CN(C)c1nc(NC2CCC(CNC(=O)c3cccc(Br)c3)CC2)nc2ccccc12. The number of rotatable bonds is 6. The van der Waals surface area contributed by atoms with E-state index >= 15 is 0 Å². The molecule has 2 aromatic carbocycles. The van der Waals surface area contributed by atoms with Crippen molar-refractivity contribution in [3.05, 3.63) is 58.6 Å². The van der Waals surface area contributed by atoms with Crippen LogP contribution in [0.3, 0.4) is 0 Å². The number of nitrogens with one attached hydrogen (secondary N) is 2. The smallest absolute Gasteiger partial charge is 0.251 e. The van der Waals surface area contributed by atoms with Gasteiger partial charge in [0.1, 0.15) is 5.82 Å². The zero-order valence-corrected chi connectivity index (χ0v) is 19.5. The van der Waals surface area contributed by atoms with Gasteiger partial charge in [-0.05, 0) is 61.9 Å². The maximum Gasteiger partial charge on any atom is 0.251 e. The normalized spacial score (nSPS) is 18.5. The van der Waals surface area contributed by atoms with Crippen molar-refractivity contribution in [3.8, 4) is 0 Å². The highest BCUT2D eigenvalue weighted by Crippen LogP contribution is 2.28. The fraction of sp³-hybridized carbons (Fsp3) is 0.375. The van der Waals surface area contributed by atoms with Gasteiger partial charge in [0.05, 0.1) is 5.52 Å². The van der Waals surface area contributed by atoms with Crippen LogP contribution in [0.2, 0.25) is 0 Å². The van der Waals surface area contributed by atoms with Crippen molar-refractivity contribution in [1.82, 2.24) is 15.3 Å². The average Bonchev–Trinajstić information content (AvgIpc) is 2.77. The first kappa shape index (κ1) is 21.6. The lowest BCUT2D eigenvalue weighted by Crippen LogP contribution is -2.34. The third-order valence-electron chi connectivity index (χ3n) is 5.82. The molecule has 0 unspecified atom stereocenters. The number of hydrogen-bond donors (Lipinski definition) is 2. The van der Waals surface area contributed by atoms with E-state index in [1.165, 1.54) is 0 Å². The first-order valence-corrected chi connectivity index (χ1v) is 11.5. The lowest BCUT2D eigenvalue weighted by Gasteiger charge is -2.29. The maximum atomic E-state index is 12.4. The van der Waals surface area contributed by atoms with E-state index in [-0.39, 0.29) is 5.91 Å². The Kier molecular flexibility index (Phi) is 6.70. The molecule has 3 aromatic rings. The molecule has 4 rings (SSSR count). The summed E-state index contributed by atoms with van der Waals surface area (Å²) in [6.45, 7) is 0.718. The van der Waals surface area contributed by atoms with E-state index in [0.717, 1.165) is 53.4 Å². The van der Waals surface area contributed by atoms with Gasteiger partial charge >= 0.3 is 0 Å². The second kappa shape index (κ2) is 9.64. The Balaban J connectivity index is 1.32. The molecule has 1 amide bonds. The monoisotopic (exact) mass is 481 g/mol. The third-order valence-corrected chi connectivity index (χ3v) is 6.32. The molecular formula is C24H28BrN5O. The van der Waals surface area contributed by atoms with E-state index in [1.54, 1.807) is 0 Å². The molecule has 1 saturated carbocycles. The number of amides is 1. The van der Waals surface area contributed by atoms with Crippen molar-refractivity contribution in [2.45, 2.75) is 31.7 Å². The molecular weight excluding hydrogens is 454 g/mol. The number of benzene rings is 2. The largest absolute Gasteiger partial charge is 0.362 e. The molecule has 2 N–H and O–H groups in total. The van der Waals surface area contributed by atoms with E-state index in [2.05, 4.69) is 32.6 Å². The van der Waals surface area contributed by atoms with Gasteiger partial charge in [-0.25, -0.2) is 4.98 Å². The molecule has 162 valence electrons. The first-order chi connectivity index (χ1) is 15.0. The summed E-state index contributed by atoms with van der Waals surface area (Å²) in [5.74, 6) is 2.11. The van der Waals surface area contributed by atoms with Crippen LogP contribution < -0.4 is 15.5 Å². The molecule has 1 fully saturated rings. The van der Waals surface area contributed by atoms with Crippen LogP contribution in [0, 0.1) is 5.92 Å². The van der Waals surface area contributed by atoms with Crippen molar-refractivity contribution in [2.24, 2.45) is 5.92 Å². The number of anilines is 2. The predicted octanol–water partition coefficient (Wildman–Crippen LogP) is 4.86. The number of aromatic nitrogens is 2. The number of carbonyl (C=O) groups excluding carboxylic acids is 1. The molecule has 0 bridgehead atoms. The minimum absolute atomic E-state index is 0.0117. The molecule has 1 aromatic heterocycles. The fourth-order valence-corrected chi connectivity index (χ4v) is 4.53. The zero-order chi connectivity index (χ0) is 21.8. The minimum Gasteiger partial charge on any atom is -0.362 e. The summed E-state index contributed by atoms with van der Waals surface area (Å²) in [4.78, 5) is 23.9. The van der Waals surface area contributed by atoms with Crippen LogP contribution in [-0.4, -0.2) is 42.6 Å². The van der Waals surface area contributed by atoms with Gasteiger partial charge in [-0.2, -0.15) is 4.98 Å². The molecule has 6 nitrogen and oxygen atoms in total. The molecule has 1 heterocycles. The molecule has 0 aliphatic heterocycles. The highest BCUT2D eigenvalue weighted by molar-refractivity contribution is 9.10. The Morgan fingerprint density at radius 3 is 2.58 bits per heavy atom. The van der Waals surface area contributed by atoms with Crippen molar-refractivity contribution in [2.75, 3.05) is 30.9 Å². The molecule has 0 atom stereocenters. The number of para-hydroxylation sites is 1. The lowest BCUT2D eigenvalue weighted by molar-refractivity contribution is 0.0943. The molecule has 7 heteroatoms. The highest BCUT2D eigenvalue weighted by atomic mass is 79.9. The topological polar surface area (TPSA) is 70.2 Å². The van der Waals surface area contributed by atoms with Crippen LogP contribution in [0.25, 0.3) is 10.9 Å². The van der Waals surface area contributed by atoms with Gasteiger partial charge in [-0.15, -0.1) is 0 Å². The minimum atomic E-state index is -0.0117. The maximum absolute atomic E-state index is 12.4. The van der Waals surface area contributed by atoms with Gasteiger partial charge in [-0.1, -0.05) is 34.1 Å². The summed E-state index contributed by atoms with van der Waals surface area (Å²) >= 11 is 3.42. The Morgan fingerprint density at radius 2 is 1.84 bits per heavy atom. The van der Waals surface area contributed by atoms with E-state index < -0.39 is 0 Å². The molecule has 1 aliphatic carbocycles. The Bertz CT molecular complexity index is 1060. The molecule has 1 aliphatic rings. The van der Waals surface area contributed by atoms with Crippen LogP contribution in [-0.2, 0) is 0 Å². The summed E-state index contributed by atoms with van der Waals surface area (Å²) in [5, 5.41) is 7.69. The molecule has 0 radical (unpaired) electrons. The van der Waals surface area contributed by atoms with E-state index in [0.29, 0.717) is 23.5 Å². The van der Waals surface area contributed by atoms with Gasteiger partial charge in [0.15, 0.2) is 0 Å². The summed E-state index contributed by atoms with van der Waals surface area (Å²) in [6.07, 6.45) is 4.24. The van der Waals surface area contributed by atoms with Gasteiger partial charge < -0.3 is 15.5 Å². The van der Waals surface area contributed by atoms with Crippen molar-refractivity contribution >= 4 is 44.5 Å². The van der Waals surface area contributed by atoms with Crippen LogP contribution in [0.1, 0.15) is 36.0 Å². The van der Waals surface area contributed by atoms with Crippen LogP contribution >= 0.6 is 15.9 Å². The van der Waals surface area contributed by atoms with E-state index in [1.807, 2.05) is 61.5 Å². The van der Waals surface area contributed by atoms with Crippen LogP contribution in [0.5, 0.6) is 0 Å². The Hall–Kier alpha value is -2.67. The van der Waals surface area contributed by atoms with Crippen LogP contribution in [0.15, 0.2) is 53.0 Å². The third kappa shape index (κ3) is 5.34. The molecule has 0 saturated heterocycles. The van der Waals surface area contributed by atoms with Crippen molar-refractivity contribution in [1.29, 1.82) is 0 Å². The summed E-state index contributed by atoms with van der Waals surface area (Å²) in [5.41, 5.74) is 1.64. The van der Waals surface area contributed by atoms with Gasteiger partial charge in [0, 0.05) is 42.1 Å². The fourth-order valence-electron chi connectivity index (χ4n) is 4.13. The number of hydrogen-bond acceptors (Lipinski definition) is 5. The zero-order valence-electron chi connectivity index (χ0n) is 17.9. The van der Waals surface area contributed by atoms with Gasteiger partial charge in [-0.3, -0.25) is 4.79 Å².